The topological polar surface area (TPSA) is 48.5 Å². The number of aryl methyl sites for hydroxylation is 2. The number of anilines is 1. The Morgan fingerprint density at radius 2 is 2.07 bits per heavy atom. The highest BCUT2D eigenvalue weighted by Gasteiger charge is 2.03. The third kappa shape index (κ3) is 2.40. The van der Waals surface area contributed by atoms with E-state index >= 15 is 0 Å². The van der Waals surface area contributed by atoms with Crippen molar-refractivity contribution in [3.05, 3.63) is 29.3 Å². The standard InChI is InChI=1S/C11H16N4/c1-8-3-4-10(7-9(8)2)14-15-11-12-5-6-13-11/h3-4,7,14H,5-6H2,1-2H3,(H2,12,13,15). The molecule has 0 unspecified atom stereocenters. The maximum Gasteiger partial charge on any atom is 0.210 e. The van der Waals surface area contributed by atoms with Gasteiger partial charge in [-0.2, -0.15) is 0 Å². The highest BCUT2D eigenvalue weighted by molar-refractivity contribution is 5.82. The monoisotopic (exact) mass is 204 g/mol. The first kappa shape index (κ1) is 9.83. The Morgan fingerprint density at radius 3 is 2.73 bits per heavy atom. The minimum absolute atomic E-state index is 0.813. The molecule has 1 aromatic rings. The number of nitrogens with zero attached hydrogens (tertiary/aromatic N) is 1. The zero-order chi connectivity index (χ0) is 10.7. The van der Waals surface area contributed by atoms with Crippen LogP contribution in [0.25, 0.3) is 0 Å². The smallest absolute Gasteiger partial charge is 0.210 e. The lowest BCUT2D eigenvalue weighted by Gasteiger charge is -2.10. The number of hydrogen-bond acceptors (Lipinski definition) is 4. The van der Waals surface area contributed by atoms with Crippen LogP contribution in [0.1, 0.15) is 11.1 Å². The van der Waals surface area contributed by atoms with E-state index in [1.807, 2.05) is 6.07 Å². The molecule has 0 radical (unpaired) electrons. The second kappa shape index (κ2) is 4.21. The fourth-order valence-electron chi connectivity index (χ4n) is 1.43. The van der Waals surface area contributed by atoms with Gasteiger partial charge in [0.2, 0.25) is 5.96 Å². The molecule has 15 heavy (non-hydrogen) atoms. The van der Waals surface area contributed by atoms with Gasteiger partial charge in [-0.15, -0.1) is 0 Å². The van der Waals surface area contributed by atoms with Gasteiger partial charge in [0.05, 0.1) is 12.2 Å². The van der Waals surface area contributed by atoms with Crippen LogP contribution in [0.4, 0.5) is 5.69 Å². The average molecular weight is 204 g/mol. The number of hydrogen-bond donors (Lipinski definition) is 3. The number of rotatable bonds is 2. The largest absolute Gasteiger partial charge is 0.353 e. The molecule has 0 fully saturated rings. The third-order valence-electron chi connectivity index (χ3n) is 2.51. The van der Waals surface area contributed by atoms with Crippen molar-refractivity contribution in [3.63, 3.8) is 0 Å². The van der Waals surface area contributed by atoms with E-state index in [2.05, 4.69) is 47.1 Å². The maximum absolute atomic E-state index is 4.22. The van der Waals surface area contributed by atoms with Crippen LogP contribution in [-0.2, 0) is 0 Å². The molecule has 1 aromatic carbocycles. The van der Waals surface area contributed by atoms with Crippen LogP contribution >= 0.6 is 0 Å². The van der Waals surface area contributed by atoms with E-state index in [4.69, 9.17) is 0 Å². The first-order valence-electron chi connectivity index (χ1n) is 5.13. The van der Waals surface area contributed by atoms with Gasteiger partial charge >= 0.3 is 0 Å². The van der Waals surface area contributed by atoms with Gasteiger partial charge in [-0.05, 0) is 37.1 Å². The summed E-state index contributed by atoms with van der Waals surface area (Å²) in [6.07, 6.45) is 0. The van der Waals surface area contributed by atoms with Crippen LogP contribution in [0.3, 0.4) is 0 Å². The second-order valence-corrected chi connectivity index (χ2v) is 3.71. The summed E-state index contributed by atoms with van der Waals surface area (Å²) in [6, 6.07) is 6.26. The lowest BCUT2D eigenvalue weighted by Crippen LogP contribution is -2.37. The van der Waals surface area contributed by atoms with Crippen molar-refractivity contribution in [2.24, 2.45) is 4.99 Å². The summed E-state index contributed by atoms with van der Waals surface area (Å²) in [6.45, 7) is 5.97. The Balaban J connectivity index is 1.96. The van der Waals surface area contributed by atoms with Gasteiger partial charge in [0.25, 0.3) is 0 Å². The van der Waals surface area contributed by atoms with Crippen LogP contribution in [0.2, 0.25) is 0 Å². The van der Waals surface area contributed by atoms with E-state index < -0.39 is 0 Å². The van der Waals surface area contributed by atoms with E-state index in [-0.39, 0.29) is 0 Å². The SMILES string of the molecule is Cc1ccc(NNC2=NCCN2)cc1C. The molecule has 0 spiro atoms. The maximum atomic E-state index is 4.22. The quantitative estimate of drug-likeness (QED) is 0.634. The predicted molar refractivity (Wildman–Crippen MR) is 63.0 cm³/mol. The summed E-state index contributed by atoms with van der Waals surface area (Å²) in [5, 5.41) is 3.13. The van der Waals surface area contributed by atoms with Crippen molar-refractivity contribution in [3.8, 4) is 0 Å². The summed E-state index contributed by atoms with van der Waals surface area (Å²) < 4.78 is 0. The molecule has 2 rings (SSSR count). The summed E-state index contributed by atoms with van der Waals surface area (Å²) in [5.41, 5.74) is 9.78. The van der Waals surface area contributed by atoms with E-state index in [0.717, 1.165) is 24.7 Å². The summed E-state index contributed by atoms with van der Waals surface area (Å²) in [7, 11) is 0. The second-order valence-electron chi connectivity index (χ2n) is 3.71. The Hall–Kier alpha value is -1.71. The Bertz CT molecular complexity index is 384. The molecule has 80 valence electrons. The fraction of sp³-hybridized carbons (Fsp3) is 0.364. The Labute approximate surface area is 89.8 Å². The van der Waals surface area contributed by atoms with Gasteiger partial charge in [-0.3, -0.25) is 15.8 Å². The molecular weight excluding hydrogens is 188 g/mol. The van der Waals surface area contributed by atoms with Gasteiger partial charge in [-0.1, -0.05) is 6.07 Å². The van der Waals surface area contributed by atoms with Gasteiger partial charge in [0, 0.05) is 6.54 Å². The normalized spacial score (nSPS) is 14.4. The van der Waals surface area contributed by atoms with Crippen LogP contribution in [0.15, 0.2) is 23.2 Å². The molecule has 4 heteroatoms. The van der Waals surface area contributed by atoms with Crippen LogP contribution in [-0.4, -0.2) is 19.0 Å². The molecular formula is C11H16N4. The van der Waals surface area contributed by atoms with E-state index in [0.29, 0.717) is 0 Å². The zero-order valence-electron chi connectivity index (χ0n) is 9.09. The number of aliphatic imine (C=N–C) groups is 1. The third-order valence-corrected chi connectivity index (χ3v) is 2.51. The first-order chi connectivity index (χ1) is 7.25. The molecule has 0 bridgehead atoms. The Kier molecular flexibility index (Phi) is 2.76. The van der Waals surface area contributed by atoms with Crippen molar-refractivity contribution < 1.29 is 0 Å². The number of benzene rings is 1. The number of hydrazine groups is 1. The van der Waals surface area contributed by atoms with Crippen LogP contribution in [0.5, 0.6) is 0 Å². The number of guanidine groups is 1. The van der Waals surface area contributed by atoms with Gasteiger partial charge in [-0.25, -0.2) is 0 Å². The minimum Gasteiger partial charge on any atom is -0.353 e. The van der Waals surface area contributed by atoms with E-state index in [1.165, 1.54) is 11.1 Å². The highest BCUT2D eigenvalue weighted by Crippen LogP contribution is 2.12. The van der Waals surface area contributed by atoms with Crippen LogP contribution < -0.4 is 16.2 Å². The van der Waals surface area contributed by atoms with Crippen molar-refractivity contribution in [1.29, 1.82) is 0 Å². The predicted octanol–water partition coefficient (Wildman–Crippen LogP) is 1.18. The molecule has 1 heterocycles. The Morgan fingerprint density at radius 1 is 1.20 bits per heavy atom. The minimum atomic E-state index is 0.813. The molecule has 0 amide bonds. The summed E-state index contributed by atoms with van der Waals surface area (Å²) >= 11 is 0. The molecule has 0 aliphatic carbocycles. The van der Waals surface area contributed by atoms with Crippen LogP contribution in [0, 0.1) is 13.8 Å². The average Bonchev–Trinajstić information content (AvgIpc) is 2.73. The molecule has 1 aliphatic rings. The molecule has 0 saturated carbocycles. The molecule has 1 aliphatic heterocycles. The lowest BCUT2D eigenvalue weighted by atomic mass is 10.1. The molecule has 3 N–H and O–H groups in total. The van der Waals surface area contributed by atoms with Gasteiger partial charge in [0.15, 0.2) is 0 Å². The number of nitrogens with one attached hydrogen (secondary N) is 3. The van der Waals surface area contributed by atoms with E-state index in [9.17, 15) is 0 Å². The molecule has 0 aromatic heterocycles. The van der Waals surface area contributed by atoms with Crippen molar-refractivity contribution >= 4 is 11.6 Å². The molecule has 4 nitrogen and oxygen atoms in total. The van der Waals surface area contributed by atoms with Gasteiger partial charge < -0.3 is 5.32 Å². The summed E-state index contributed by atoms with van der Waals surface area (Å²) in [4.78, 5) is 4.22. The van der Waals surface area contributed by atoms with E-state index in [1.54, 1.807) is 0 Å². The lowest BCUT2D eigenvalue weighted by molar-refractivity contribution is 0.937. The highest BCUT2D eigenvalue weighted by atomic mass is 15.4. The van der Waals surface area contributed by atoms with Crippen molar-refractivity contribution in [1.82, 2.24) is 10.7 Å². The van der Waals surface area contributed by atoms with Crippen molar-refractivity contribution in [2.45, 2.75) is 13.8 Å². The molecule has 0 saturated heterocycles. The molecule has 0 atom stereocenters. The van der Waals surface area contributed by atoms with Gasteiger partial charge in [0.1, 0.15) is 0 Å². The fourth-order valence-corrected chi connectivity index (χ4v) is 1.43. The van der Waals surface area contributed by atoms with Crippen molar-refractivity contribution in [2.75, 3.05) is 18.5 Å². The zero-order valence-corrected chi connectivity index (χ0v) is 9.09. The summed E-state index contributed by atoms with van der Waals surface area (Å²) in [5.74, 6) is 0.813. The first-order valence-corrected chi connectivity index (χ1v) is 5.13.